The van der Waals surface area contributed by atoms with Crippen molar-refractivity contribution in [2.45, 2.75) is 207 Å². The summed E-state index contributed by atoms with van der Waals surface area (Å²) in [5, 5.41) is 2.69. The molecule has 0 N–H and O–H groups in total. The lowest BCUT2D eigenvalue weighted by Crippen LogP contribution is -2.61. The summed E-state index contributed by atoms with van der Waals surface area (Å²) in [6, 6.07) is 63.1. The number of nitrogens with zero attached hydrogens (tertiary/aromatic N) is 3. The molecule has 0 saturated carbocycles. The lowest BCUT2D eigenvalue weighted by Gasteiger charge is -2.47. The summed E-state index contributed by atoms with van der Waals surface area (Å²) in [4.78, 5) is 8.07. The number of anilines is 8. The standard InChI is InChI=1S/C82H94BN3S/c1-75(2,3)52-26-31-56(32-27-52)84(57-33-28-53(29-34-57)76(4,5)6)58-36-39-69-61(47-58)62-45-55(78(10,11)12)46-70-72(62)83(86(69)59-35-37-64-65(48-59)80(15,16)41-40-79(64,13)14)73-63-49-66-67(82(19,20)43-42-81(66,17)18)50-71(63)87-74(73)85(70)68-38-30-54(77(7,8)9)44-60(68)51-24-22-21-23-25-51/h21-39,44-50H,40-43H2,1-20H3. The van der Waals surface area contributed by atoms with E-state index in [1.807, 2.05) is 11.3 Å². The van der Waals surface area contributed by atoms with Crippen LogP contribution in [0.3, 0.4) is 0 Å². The molecule has 0 atom stereocenters. The van der Waals surface area contributed by atoms with Crippen molar-refractivity contribution in [3.63, 3.8) is 0 Å². The number of benzene rings is 8. The van der Waals surface area contributed by atoms with E-state index in [-0.39, 0.29) is 50.2 Å². The molecule has 2 aliphatic heterocycles. The molecule has 0 bridgehead atoms. The first-order chi connectivity index (χ1) is 40.6. The first kappa shape index (κ1) is 59.2. The van der Waals surface area contributed by atoms with E-state index < -0.39 is 0 Å². The quantitative estimate of drug-likeness (QED) is 0.154. The van der Waals surface area contributed by atoms with E-state index in [0.29, 0.717) is 0 Å². The predicted octanol–water partition coefficient (Wildman–Crippen LogP) is 22.6. The van der Waals surface area contributed by atoms with Gasteiger partial charge in [-0.2, -0.15) is 0 Å². The van der Waals surface area contributed by atoms with Gasteiger partial charge in [-0.15, -0.1) is 11.3 Å². The minimum absolute atomic E-state index is 0.00764. The highest BCUT2D eigenvalue weighted by Crippen LogP contribution is 2.57. The monoisotopic (exact) mass is 1160 g/mol. The molecule has 0 amide bonds. The van der Waals surface area contributed by atoms with Crippen LogP contribution in [-0.4, -0.2) is 6.85 Å². The van der Waals surface area contributed by atoms with Gasteiger partial charge in [-0.25, -0.2) is 0 Å². The second kappa shape index (κ2) is 19.8. The van der Waals surface area contributed by atoms with Crippen molar-refractivity contribution < 1.29 is 0 Å². The Morgan fingerprint density at radius 2 is 0.874 bits per heavy atom. The Bertz CT molecular complexity index is 4140. The fourth-order valence-corrected chi connectivity index (χ4v) is 16.4. The highest BCUT2D eigenvalue weighted by Gasteiger charge is 2.50. The van der Waals surface area contributed by atoms with Crippen LogP contribution in [0.5, 0.6) is 0 Å². The molecule has 9 aromatic rings. The van der Waals surface area contributed by atoms with E-state index in [1.165, 1.54) is 128 Å². The summed E-state index contributed by atoms with van der Waals surface area (Å²) in [5.41, 5.74) is 27.4. The lowest BCUT2D eigenvalue weighted by molar-refractivity contribution is 0.332. The lowest BCUT2D eigenvalue weighted by atomic mass is 9.43. The number of hydrogen-bond donors (Lipinski definition) is 0. The molecule has 87 heavy (non-hydrogen) atoms. The molecule has 0 fully saturated rings. The summed E-state index contributed by atoms with van der Waals surface area (Å²) in [6.07, 6.45) is 4.65. The molecule has 13 rings (SSSR count). The Hall–Kier alpha value is -6.82. The second-order valence-electron chi connectivity index (χ2n) is 33.3. The molecule has 0 spiro atoms. The minimum Gasteiger partial charge on any atom is -0.376 e. The highest BCUT2D eigenvalue weighted by molar-refractivity contribution is 7.26. The van der Waals surface area contributed by atoms with Gasteiger partial charge < -0.3 is 14.6 Å². The maximum atomic E-state index is 2.82. The van der Waals surface area contributed by atoms with Gasteiger partial charge in [-0.1, -0.05) is 211 Å². The Morgan fingerprint density at radius 3 is 1.43 bits per heavy atom. The predicted molar refractivity (Wildman–Crippen MR) is 381 cm³/mol. The van der Waals surface area contributed by atoms with Gasteiger partial charge in [0.1, 0.15) is 0 Å². The van der Waals surface area contributed by atoms with E-state index in [0.717, 1.165) is 29.9 Å². The van der Waals surface area contributed by atoms with E-state index in [1.54, 1.807) is 0 Å². The van der Waals surface area contributed by atoms with Crippen LogP contribution in [0.25, 0.3) is 32.3 Å². The molecule has 2 aliphatic carbocycles. The average Bonchev–Trinajstić information content (AvgIpc) is 1.67. The summed E-state index contributed by atoms with van der Waals surface area (Å²) < 4.78 is 1.37. The molecular weight excluding hydrogens is 1070 g/mol. The van der Waals surface area contributed by atoms with Gasteiger partial charge in [-0.05, 0) is 226 Å². The van der Waals surface area contributed by atoms with E-state index in [4.69, 9.17) is 0 Å². The summed E-state index contributed by atoms with van der Waals surface area (Å²) in [5.74, 6) is 0. The maximum absolute atomic E-state index is 2.82. The molecule has 3 heterocycles. The van der Waals surface area contributed by atoms with Crippen LogP contribution in [0.15, 0.2) is 158 Å². The van der Waals surface area contributed by atoms with Crippen molar-refractivity contribution >= 4 is 84.0 Å². The molecule has 5 heteroatoms. The van der Waals surface area contributed by atoms with Crippen molar-refractivity contribution in [3.05, 3.63) is 202 Å². The zero-order valence-corrected chi connectivity index (χ0v) is 57.0. The Balaban J connectivity index is 1.18. The Labute approximate surface area is 527 Å². The van der Waals surface area contributed by atoms with Crippen LogP contribution in [0.1, 0.15) is 209 Å². The molecule has 0 unspecified atom stereocenters. The van der Waals surface area contributed by atoms with E-state index in [9.17, 15) is 0 Å². The van der Waals surface area contributed by atoms with Crippen molar-refractivity contribution in [2.75, 3.05) is 14.6 Å². The summed E-state index contributed by atoms with van der Waals surface area (Å²) in [7, 11) is 0. The molecule has 0 radical (unpaired) electrons. The fraction of sp³-hybridized carbons (Fsp3) is 0.390. The minimum atomic E-state index is -0.177. The topological polar surface area (TPSA) is 9.72 Å². The SMILES string of the molecule is CC(C)(C)c1ccc(N(c2ccc(C(C)(C)C)cc2)c2ccc3c(c2)-c2cc(C(C)(C)C)cc4c2B(c2c(sc5cc6c(cc25)C(C)(C)CCC6(C)C)N4c2ccc(C(C)(C)C)cc2-c2ccccc2)N3c2ccc3c(c2)C(C)(C)CCC3(C)C)cc1. The van der Waals surface area contributed by atoms with Crippen LogP contribution in [0, 0.1) is 0 Å². The number of fused-ring (bicyclic) bond motifs is 8. The van der Waals surface area contributed by atoms with Gasteiger partial charge in [0.2, 0.25) is 0 Å². The third kappa shape index (κ3) is 9.91. The molecule has 1 aromatic heterocycles. The van der Waals surface area contributed by atoms with Crippen molar-refractivity contribution in [3.8, 4) is 22.3 Å². The Morgan fingerprint density at radius 1 is 0.391 bits per heavy atom. The molecule has 3 nitrogen and oxygen atoms in total. The van der Waals surface area contributed by atoms with Crippen LogP contribution >= 0.6 is 11.3 Å². The third-order valence-electron chi connectivity index (χ3n) is 21.0. The number of hydrogen-bond acceptors (Lipinski definition) is 4. The number of rotatable bonds is 6. The average molecular weight is 1160 g/mol. The molecule has 446 valence electrons. The van der Waals surface area contributed by atoms with Crippen LogP contribution in [0.2, 0.25) is 0 Å². The number of thiophene rings is 1. The van der Waals surface area contributed by atoms with Crippen LogP contribution < -0.4 is 25.5 Å². The van der Waals surface area contributed by atoms with Crippen molar-refractivity contribution in [1.29, 1.82) is 0 Å². The normalized spacial score (nSPS) is 17.3. The van der Waals surface area contributed by atoms with Crippen molar-refractivity contribution in [2.24, 2.45) is 0 Å². The van der Waals surface area contributed by atoms with Crippen LogP contribution in [-0.2, 0) is 43.3 Å². The zero-order valence-electron chi connectivity index (χ0n) is 56.2. The maximum Gasteiger partial charge on any atom is 0.334 e. The zero-order chi connectivity index (χ0) is 62.1. The van der Waals surface area contributed by atoms with Gasteiger partial charge in [0.25, 0.3) is 0 Å². The van der Waals surface area contributed by atoms with Gasteiger partial charge in [0, 0.05) is 50.0 Å². The van der Waals surface area contributed by atoms with Crippen molar-refractivity contribution in [1.82, 2.24) is 0 Å². The van der Waals surface area contributed by atoms with E-state index in [2.05, 4.69) is 311 Å². The first-order valence-electron chi connectivity index (χ1n) is 32.5. The fourth-order valence-electron chi connectivity index (χ4n) is 15.1. The third-order valence-corrected chi connectivity index (χ3v) is 22.2. The van der Waals surface area contributed by atoms with Crippen LogP contribution in [0.4, 0.5) is 44.8 Å². The Kier molecular flexibility index (Phi) is 13.5. The van der Waals surface area contributed by atoms with Gasteiger partial charge in [-0.3, -0.25) is 0 Å². The van der Waals surface area contributed by atoms with Gasteiger partial charge in [0.05, 0.1) is 10.7 Å². The van der Waals surface area contributed by atoms with Gasteiger partial charge >= 0.3 is 6.85 Å². The second-order valence-corrected chi connectivity index (χ2v) is 34.3. The summed E-state index contributed by atoms with van der Waals surface area (Å²) >= 11 is 2.02. The van der Waals surface area contributed by atoms with Gasteiger partial charge in [0.15, 0.2) is 0 Å². The van der Waals surface area contributed by atoms with E-state index >= 15 is 0 Å². The molecule has 0 saturated heterocycles. The summed E-state index contributed by atoms with van der Waals surface area (Å²) in [6.45, 7) is 47.9. The smallest absolute Gasteiger partial charge is 0.334 e. The molecule has 8 aromatic carbocycles. The first-order valence-corrected chi connectivity index (χ1v) is 33.3. The highest BCUT2D eigenvalue weighted by atomic mass is 32.1. The molecule has 4 aliphatic rings. The molecular formula is C82H94BN3S. The largest absolute Gasteiger partial charge is 0.376 e.